The molecule has 19 heavy (non-hydrogen) atoms. The Balaban J connectivity index is 2.25. The maximum absolute atomic E-state index is 10.8. The topological polar surface area (TPSA) is 81.5 Å². The van der Waals surface area contributed by atoms with Crippen LogP contribution in [0.15, 0.2) is 30.5 Å². The summed E-state index contributed by atoms with van der Waals surface area (Å²) in [6, 6.07) is 6.31. The van der Waals surface area contributed by atoms with Crippen molar-refractivity contribution in [2.45, 2.75) is 6.92 Å². The van der Waals surface area contributed by atoms with Crippen LogP contribution in [0.1, 0.15) is 15.9 Å². The van der Waals surface area contributed by atoms with E-state index >= 15 is 0 Å². The van der Waals surface area contributed by atoms with Gasteiger partial charge in [-0.1, -0.05) is 0 Å². The van der Waals surface area contributed by atoms with Gasteiger partial charge in [-0.05, 0) is 30.7 Å². The van der Waals surface area contributed by atoms with Crippen LogP contribution in [-0.4, -0.2) is 28.2 Å². The van der Waals surface area contributed by atoms with E-state index in [4.69, 9.17) is 14.6 Å². The second kappa shape index (κ2) is 5.34. The molecule has 1 aromatic heterocycles. The van der Waals surface area contributed by atoms with E-state index < -0.39 is 5.97 Å². The summed E-state index contributed by atoms with van der Waals surface area (Å²) in [7, 11) is 1.50. The van der Waals surface area contributed by atoms with Crippen molar-refractivity contribution in [3.05, 3.63) is 41.6 Å². The zero-order valence-corrected chi connectivity index (χ0v) is 10.5. The Kier molecular flexibility index (Phi) is 3.61. The summed E-state index contributed by atoms with van der Waals surface area (Å²) in [5, 5.41) is 8.88. The Labute approximate surface area is 109 Å². The molecule has 1 heterocycles. The molecule has 0 bridgehead atoms. The van der Waals surface area contributed by atoms with Crippen molar-refractivity contribution in [1.29, 1.82) is 0 Å². The highest BCUT2D eigenvalue weighted by Crippen LogP contribution is 2.24. The fourth-order valence-corrected chi connectivity index (χ4v) is 1.48. The Morgan fingerprint density at radius 1 is 1.32 bits per heavy atom. The molecule has 0 atom stereocenters. The SMILES string of the molecule is COc1ccnc(Oc2ccc(C(=O)O)cc2C)n1. The smallest absolute Gasteiger partial charge is 0.335 e. The van der Waals surface area contributed by atoms with E-state index in [1.807, 2.05) is 0 Å². The summed E-state index contributed by atoms with van der Waals surface area (Å²) >= 11 is 0. The highest BCUT2D eigenvalue weighted by Gasteiger charge is 2.09. The molecule has 0 saturated carbocycles. The molecule has 0 saturated heterocycles. The average molecular weight is 260 g/mol. The number of carboxylic acid groups (broad SMARTS) is 1. The van der Waals surface area contributed by atoms with Crippen molar-refractivity contribution in [1.82, 2.24) is 9.97 Å². The molecular formula is C13H12N2O4. The lowest BCUT2D eigenvalue weighted by Gasteiger charge is -2.08. The molecule has 98 valence electrons. The van der Waals surface area contributed by atoms with Crippen molar-refractivity contribution in [2.24, 2.45) is 0 Å². The van der Waals surface area contributed by atoms with Gasteiger partial charge in [0.2, 0.25) is 5.88 Å². The van der Waals surface area contributed by atoms with E-state index in [1.54, 1.807) is 19.1 Å². The quantitative estimate of drug-likeness (QED) is 0.908. The first-order valence-electron chi connectivity index (χ1n) is 5.49. The molecule has 0 spiro atoms. The second-order valence-corrected chi connectivity index (χ2v) is 3.77. The molecule has 0 radical (unpaired) electrons. The molecule has 2 aromatic rings. The number of ether oxygens (including phenoxy) is 2. The maximum atomic E-state index is 10.8. The molecule has 0 aliphatic carbocycles. The van der Waals surface area contributed by atoms with E-state index in [0.717, 1.165) is 0 Å². The lowest BCUT2D eigenvalue weighted by atomic mass is 10.1. The molecule has 0 aliphatic rings. The van der Waals surface area contributed by atoms with E-state index in [2.05, 4.69) is 9.97 Å². The zero-order chi connectivity index (χ0) is 13.8. The van der Waals surface area contributed by atoms with Gasteiger partial charge < -0.3 is 14.6 Å². The largest absolute Gasteiger partial charge is 0.481 e. The number of benzene rings is 1. The minimum Gasteiger partial charge on any atom is -0.481 e. The number of hydrogen-bond acceptors (Lipinski definition) is 5. The number of hydrogen-bond donors (Lipinski definition) is 1. The summed E-state index contributed by atoms with van der Waals surface area (Å²) < 4.78 is 10.5. The fourth-order valence-electron chi connectivity index (χ4n) is 1.48. The van der Waals surface area contributed by atoms with Crippen LogP contribution in [0, 0.1) is 6.92 Å². The van der Waals surface area contributed by atoms with Crippen molar-refractivity contribution in [2.75, 3.05) is 7.11 Å². The lowest BCUT2D eigenvalue weighted by molar-refractivity contribution is 0.0697. The summed E-state index contributed by atoms with van der Waals surface area (Å²) in [4.78, 5) is 18.8. The van der Waals surface area contributed by atoms with E-state index in [1.165, 1.54) is 25.4 Å². The van der Waals surface area contributed by atoms with Crippen LogP contribution >= 0.6 is 0 Å². The Hall–Kier alpha value is -2.63. The van der Waals surface area contributed by atoms with Crippen molar-refractivity contribution in [3.63, 3.8) is 0 Å². The third-order valence-electron chi connectivity index (χ3n) is 2.44. The molecule has 6 heteroatoms. The minimum atomic E-state index is -0.979. The monoisotopic (exact) mass is 260 g/mol. The van der Waals surface area contributed by atoms with Crippen LogP contribution in [0.25, 0.3) is 0 Å². The van der Waals surface area contributed by atoms with Crippen molar-refractivity contribution in [3.8, 4) is 17.6 Å². The number of aromatic carboxylic acids is 1. The number of aromatic nitrogens is 2. The third-order valence-corrected chi connectivity index (χ3v) is 2.44. The third kappa shape index (κ3) is 2.98. The Bertz CT molecular complexity index is 613. The molecule has 2 rings (SSSR count). The van der Waals surface area contributed by atoms with Gasteiger partial charge in [0.15, 0.2) is 0 Å². The minimum absolute atomic E-state index is 0.144. The molecule has 1 N–H and O–H groups in total. The van der Waals surface area contributed by atoms with Crippen molar-refractivity contribution >= 4 is 5.97 Å². The predicted octanol–water partition coefficient (Wildman–Crippen LogP) is 2.28. The van der Waals surface area contributed by atoms with E-state index in [0.29, 0.717) is 17.2 Å². The van der Waals surface area contributed by atoms with Gasteiger partial charge in [-0.15, -0.1) is 0 Å². The molecule has 1 aromatic carbocycles. The molecule has 0 unspecified atom stereocenters. The van der Waals surface area contributed by atoms with Gasteiger partial charge in [-0.3, -0.25) is 0 Å². The number of nitrogens with zero attached hydrogens (tertiary/aromatic N) is 2. The fraction of sp³-hybridized carbons (Fsp3) is 0.154. The van der Waals surface area contributed by atoms with E-state index in [9.17, 15) is 4.79 Å². The van der Waals surface area contributed by atoms with Gasteiger partial charge in [0.25, 0.3) is 0 Å². The molecule has 6 nitrogen and oxygen atoms in total. The van der Waals surface area contributed by atoms with Crippen LogP contribution in [0.2, 0.25) is 0 Å². The number of aryl methyl sites for hydroxylation is 1. The van der Waals surface area contributed by atoms with Crippen molar-refractivity contribution < 1.29 is 19.4 Å². The summed E-state index contributed by atoms with van der Waals surface area (Å²) in [6.45, 7) is 1.75. The first-order chi connectivity index (χ1) is 9.10. The van der Waals surface area contributed by atoms with Gasteiger partial charge in [0.1, 0.15) is 5.75 Å². The number of carbonyl (C=O) groups is 1. The molecular weight excluding hydrogens is 248 g/mol. The van der Waals surface area contributed by atoms with Crippen LogP contribution in [-0.2, 0) is 0 Å². The lowest BCUT2D eigenvalue weighted by Crippen LogP contribution is -1.99. The standard InChI is InChI=1S/C13H12N2O4/c1-8-7-9(12(16)17)3-4-10(8)19-13-14-6-5-11(15-13)18-2/h3-7H,1-2H3,(H,16,17). The summed E-state index contributed by atoms with van der Waals surface area (Å²) in [5.41, 5.74) is 0.891. The number of rotatable bonds is 4. The average Bonchev–Trinajstić information content (AvgIpc) is 2.41. The first-order valence-corrected chi connectivity index (χ1v) is 5.49. The van der Waals surface area contributed by atoms with Gasteiger partial charge >= 0.3 is 12.0 Å². The van der Waals surface area contributed by atoms with E-state index in [-0.39, 0.29) is 11.6 Å². The van der Waals surface area contributed by atoms with Gasteiger partial charge in [0.05, 0.1) is 12.7 Å². The van der Waals surface area contributed by atoms with Gasteiger partial charge in [0, 0.05) is 12.3 Å². The maximum Gasteiger partial charge on any atom is 0.335 e. The zero-order valence-electron chi connectivity index (χ0n) is 10.5. The normalized spacial score (nSPS) is 10.0. The highest BCUT2D eigenvalue weighted by molar-refractivity contribution is 5.88. The van der Waals surface area contributed by atoms with Crippen LogP contribution in [0.5, 0.6) is 17.6 Å². The second-order valence-electron chi connectivity index (χ2n) is 3.77. The molecule has 0 fully saturated rings. The molecule has 0 aliphatic heterocycles. The highest BCUT2D eigenvalue weighted by atomic mass is 16.5. The van der Waals surface area contributed by atoms with Crippen LogP contribution in [0.4, 0.5) is 0 Å². The summed E-state index contributed by atoms with van der Waals surface area (Å²) in [5.74, 6) is -0.0876. The van der Waals surface area contributed by atoms with Gasteiger partial charge in [-0.25, -0.2) is 9.78 Å². The Morgan fingerprint density at radius 3 is 2.74 bits per heavy atom. The first kappa shape index (κ1) is 12.8. The Morgan fingerprint density at radius 2 is 2.11 bits per heavy atom. The summed E-state index contributed by atoms with van der Waals surface area (Å²) in [6.07, 6.45) is 1.52. The number of carboxylic acids is 1. The number of methoxy groups -OCH3 is 1. The van der Waals surface area contributed by atoms with Crippen LogP contribution < -0.4 is 9.47 Å². The van der Waals surface area contributed by atoms with Crippen LogP contribution in [0.3, 0.4) is 0 Å². The van der Waals surface area contributed by atoms with Gasteiger partial charge in [-0.2, -0.15) is 4.98 Å². The molecule has 0 amide bonds. The predicted molar refractivity (Wildman–Crippen MR) is 66.8 cm³/mol.